The third-order valence-electron chi connectivity index (χ3n) is 16.7. The van der Waals surface area contributed by atoms with Crippen LogP contribution in [0.25, 0.3) is 10.9 Å². The van der Waals surface area contributed by atoms with Crippen LogP contribution in [0.2, 0.25) is 0 Å². The minimum absolute atomic E-state index is 0.176. The van der Waals surface area contributed by atoms with Crippen molar-refractivity contribution in [2.24, 2.45) is 17.8 Å². The van der Waals surface area contributed by atoms with Gasteiger partial charge in [-0.3, -0.25) is 14.3 Å². The fourth-order valence-corrected chi connectivity index (χ4v) is 12.0. The number of hydrogen-bond donors (Lipinski definition) is 5. The summed E-state index contributed by atoms with van der Waals surface area (Å²) in [6.45, 7) is 20.1. The van der Waals surface area contributed by atoms with Crippen molar-refractivity contribution in [3.63, 3.8) is 0 Å². The number of fused-ring (bicyclic) bond motifs is 1. The summed E-state index contributed by atoms with van der Waals surface area (Å²) >= 11 is 0. The highest BCUT2D eigenvalue weighted by Crippen LogP contribution is 2.41. The van der Waals surface area contributed by atoms with Crippen molar-refractivity contribution in [1.82, 2.24) is 19.4 Å². The van der Waals surface area contributed by atoms with E-state index in [1.54, 1.807) is 64.7 Å². The number of cyclic esters (lactones) is 1. The molecule has 5 rings (SSSR count). The molecule has 3 aliphatic heterocycles. The maximum Gasteiger partial charge on any atom is 0.341 e. The first-order valence-electron chi connectivity index (χ1n) is 27.3. The number of aromatic carboxylic acids is 1. The molecule has 0 unspecified atom stereocenters. The number of carboxylic acids is 1. The summed E-state index contributed by atoms with van der Waals surface area (Å²) in [6, 6.07) is 4.73. The van der Waals surface area contributed by atoms with E-state index in [1.807, 2.05) is 84.7 Å². The van der Waals surface area contributed by atoms with Crippen molar-refractivity contribution in [2.45, 2.75) is 198 Å². The van der Waals surface area contributed by atoms with Gasteiger partial charge in [0.25, 0.3) is 0 Å². The lowest BCUT2D eigenvalue weighted by Crippen LogP contribution is -2.61. The molecule has 0 radical (unpaired) electrons. The van der Waals surface area contributed by atoms with E-state index in [0.29, 0.717) is 43.4 Å². The number of ether oxygens (including phenoxy) is 7. The number of carbonyl (C=O) groups excluding carboxylic acids is 1. The first kappa shape index (κ1) is 63.5. The molecule has 0 aliphatic carbocycles. The van der Waals surface area contributed by atoms with Gasteiger partial charge in [-0.25, -0.2) is 4.79 Å². The number of pyridine rings is 1. The minimum Gasteiger partial charge on any atom is -0.477 e. The highest BCUT2D eigenvalue weighted by molar-refractivity contribution is 5.92. The van der Waals surface area contributed by atoms with Crippen LogP contribution in [0.5, 0.6) is 0 Å². The van der Waals surface area contributed by atoms with Gasteiger partial charge in [-0.15, -0.1) is 0 Å². The third kappa shape index (κ3) is 14.7. The van der Waals surface area contributed by atoms with Crippen molar-refractivity contribution in [1.29, 1.82) is 0 Å². The highest BCUT2D eigenvalue weighted by atomic mass is 16.7. The minimum atomic E-state index is -1.84. The second kappa shape index (κ2) is 26.3. The van der Waals surface area contributed by atoms with Gasteiger partial charge in [0.05, 0.1) is 53.7 Å². The summed E-state index contributed by atoms with van der Waals surface area (Å²) in [7, 11) is 12.8. The molecule has 0 spiro atoms. The molecule has 3 aliphatic rings. The van der Waals surface area contributed by atoms with Crippen LogP contribution in [-0.2, 0) is 44.4 Å². The van der Waals surface area contributed by atoms with E-state index >= 15 is 0 Å². The number of aliphatic hydroxyl groups is 4. The van der Waals surface area contributed by atoms with Gasteiger partial charge in [0.1, 0.15) is 35.6 Å². The first-order valence-corrected chi connectivity index (χ1v) is 27.3. The third-order valence-corrected chi connectivity index (χ3v) is 16.7. The zero-order valence-corrected chi connectivity index (χ0v) is 48.6. The molecule has 0 saturated carbocycles. The topological polar surface area (TPSA) is 235 Å². The lowest BCUT2D eigenvalue weighted by atomic mass is 9.77. The Morgan fingerprint density at radius 3 is 2.20 bits per heavy atom. The molecule has 1 aromatic carbocycles. The summed E-state index contributed by atoms with van der Waals surface area (Å²) in [4.78, 5) is 45.7. The smallest absolute Gasteiger partial charge is 0.341 e. The predicted molar refractivity (Wildman–Crippen MR) is 289 cm³/mol. The summed E-state index contributed by atoms with van der Waals surface area (Å²) in [5.74, 6) is -3.98. The Morgan fingerprint density at radius 1 is 0.921 bits per heavy atom. The molecule has 18 atom stereocenters. The Morgan fingerprint density at radius 2 is 1.59 bits per heavy atom. The summed E-state index contributed by atoms with van der Waals surface area (Å²) in [5, 5.41) is 60.0. The average Bonchev–Trinajstić information content (AvgIpc) is 3.34. The number of aryl methyl sites for hydroxylation is 1. The van der Waals surface area contributed by atoms with Crippen molar-refractivity contribution in [3.05, 3.63) is 45.7 Å². The largest absolute Gasteiger partial charge is 0.477 e. The number of carbonyl (C=O) groups is 2. The molecule has 76 heavy (non-hydrogen) atoms. The highest BCUT2D eigenvalue weighted by Gasteiger charge is 2.53. The predicted octanol–water partition coefficient (Wildman–Crippen LogP) is 3.70. The number of aromatic nitrogens is 1. The molecule has 2 aromatic rings. The Kier molecular flexibility index (Phi) is 22.0. The van der Waals surface area contributed by atoms with E-state index in [0.717, 1.165) is 18.5 Å². The van der Waals surface area contributed by atoms with Crippen LogP contribution in [0, 0.1) is 17.8 Å². The van der Waals surface area contributed by atoms with E-state index in [9.17, 15) is 39.9 Å². The zero-order valence-electron chi connectivity index (χ0n) is 48.6. The van der Waals surface area contributed by atoms with Crippen LogP contribution in [0.4, 0.5) is 0 Å². The fraction of sp³-hybridized carbons (Fsp3) is 0.804. The van der Waals surface area contributed by atoms with Crippen LogP contribution in [0.1, 0.15) is 117 Å². The van der Waals surface area contributed by atoms with Crippen LogP contribution >= 0.6 is 0 Å². The molecule has 3 saturated heterocycles. The Labute approximate surface area is 451 Å². The zero-order chi connectivity index (χ0) is 56.9. The lowest BCUT2D eigenvalue weighted by molar-refractivity contribution is -0.320. The standard InChI is InChI=1S/C56H95N5O15/c1-18-43-56(10,69)48(64)36(6)60(16)30-32(2)28-54(8,68)49(76-53-46(63)42(57(11)12)26-33(3)72-53)34(4)47(35(5)52(67)74-43)75-44-29-55(9,70-17)50(37(7)73-44)71-25-24-59(15)23-19-20-38-21-22-41-39(27-38)45(62)40(51(65)66)31-61(41)58(13)14/h21-22,27,31-37,42-44,46-50,53,63-64,68-69H,18-20,23-26,28-30H2,1-17H3,(H,65,66)/t32-,33-,34+,35-,36-,37+,42+,43-,44+,46-,47+,48-,49-,50+,53+,54-,55-,56-/m1/s1. The van der Waals surface area contributed by atoms with Gasteiger partial charge in [0.15, 0.2) is 12.6 Å². The maximum atomic E-state index is 14.6. The number of aliphatic hydroxyl groups excluding tert-OH is 2. The molecule has 0 amide bonds. The fourth-order valence-electron chi connectivity index (χ4n) is 12.0. The number of rotatable bonds is 17. The van der Waals surface area contributed by atoms with Crippen LogP contribution in [-0.4, -0.2) is 223 Å². The molecular weight excluding hydrogens is 983 g/mol. The molecular formula is C56H95N5O15. The molecule has 20 heteroatoms. The lowest BCUT2D eigenvalue weighted by Gasteiger charge is -2.49. The van der Waals surface area contributed by atoms with E-state index in [4.69, 9.17) is 33.2 Å². The Hall–Kier alpha value is -3.35. The Bertz CT molecular complexity index is 2280. The van der Waals surface area contributed by atoms with Gasteiger partial charge in [-0.1, -0.05) is 26.8 Å². The number of benzene rings is 1. The van der Waals surface area contributed by atoms with Gasteiger partial charge in [-0.05, 0) is 139 Å². The summed E-state index contributed by atoms with van der Waals surface area (Å²) in [6.07, 6.45) is -5.16. The van der Waals surface area contributed by atoms with E-state index in [2.05, 4.69) is 4.90 Å². The molecule has 0 bridgehead atoms. The number of nitrogens with zero attached hydrogens (tertiary/aromatic N) is 5. The maximum absolute atomic E-state index is 14.6. The van der Waals surface area contributed by atoms with Gasteiger partial charge in [0, 0.05) is 70.3 Å². The first-order chi connectivity index (χ1) is 35.4. The van der Waals surface area contributed by atoms with Crippen molar-refractivity contribution in [2.75, 3.05) is 80.6 Å². The van der Waals surface area contributed by atoms with Gasteiger partial charge in [-0.2, -0.15) is 0 Å². The molecule has 3 fully saturated rings. The molecule has 4 heterocycles. The van der Waals surface area contributed by atoms with Crippen molar-refractivity contribution >= 4 is 22.8 Å². The summed E-state index contributed by atoms with van der Waals surface area (Å²) in [5.41, 5.74) is -3.63. The molecule has 1 aromatic heterocycles. The summed E-state index contributed by atoms with van der Waals surface area (Å²) < 4.78 is 47.4. The number of esters is 1. The Balaban J connectivity index is 1.36. The number of methoxy groups -OCH3 is 1. The SMILES string of the molecule is CC[C@H]1OC(=O)[C@H](C)[C@@H](O[C@H]2C[C@@](C)(OC)[C@@H](OCCN(C)CCCc3ccc4c(c3)c(=O)c(C(=O)O)cn4N(C)C)[C@H](C)O2)[C@H](C)[C@@H](O[C@@H]2O[C@H](C)C[C@H](N(C)C)[C@H]2O)[C@](C)(O)C[C@@H](C)CN(C)[C@H](C)[C@@H](O)[C@]1(C)O. The van der Waals surface area contributed by atoms with Crippen molar-refractivity contribution in [3.8, 4) is 0 Å². The van der Waals surface area contributed by atoms with Gasteiger partial charge < -0.3 is 78.4 Å². The van der Waals surface area contributed by atoms with E-state index in [1.165, 1.54) is 13.1 Å². The quantitative estimate of drug-likeness (QED) is 0.142. The average molecular weight is 1080 g/mol. The van der Waals surface area contributed by atoms with Gasteiger partial charge in [0.2, 0.25) is 5.43 Å². The van der Waals surface area contributed by atoms with Crippen LogP contribution < -0.4 is 10.4 Å². The number of carboxylic acid groups (broad SMARTS) is 1. The van der Waals surface area contributed by atoms with E-state index in [-0.39, 0.29) is 42.9 Å². The van der Waals surface area contributed by atoms with E-state index < -0.39 is 107 Å². The monoisotopic (exact) mass is 1080 g/mol. The second-order valence-corrected chi connectivity index (χ2v) is 23.6. The molecule has 20 nitrogen and oxygen atoms in total. The second-order valence-electron chi connectivity index (χ2n) is 23.6. The molecule has 434 valence electrons. The van der Waals surface area contributed by atoms with Crippen LogP contribution in [0.3, 0.4) is 0 Å². The number of likely N-dealkylation sites (N-methyl/N-ethyl adjacent to an activating group) is 3. The van der Waals surface area contributed by atoms with Crippen LogP contribution in [0.15, 0.2) is 29.2 Å². The van der Waals surface area contributed by atoms with Gasteiger partial charge >= 0.3 is 11.9 Å². The van der Waals surface area contributed by atoms with Crippen molar-refractivity contribution < 1.29 is 68.3 Å². The molecule has 5 N–H and O–H groups in total. The normalized spacial score (nSPS) is 37.7. The number of hydrogen-bond acceptors (Lipinski definition) is 18.